The molecule has 0 spiro atoms. The van der Waals surface area contributed by atoms with Crippen LogP contribution < -0.4 is 0 Å². The van der Waals surface area contributed by atoms with E-state index in [-0.39, 0.29) is 0 Å². The molecule has 0 heterocycles. The third kappa shape index (κ3) is 2.95. The minimum absolute atomic E-state index is 0.748. The van der Waals surface area contributed by atoms with Gasteiger partial charge < -0.3 is 0 Å². The van der Waals surface area contributed by atoms with Gasteiger partial charge in [0.25, 0.3) is 0 Å². The van der Waals surface area contributed by atoms with Crippen LogP contribution in [0.4, 0.5) is 5.69 Å². The monoisotopic (exact) mass is 243 g/mol. The molecule has 0 aliphatic heterocycles. The maximum absolute atomic E-state index is 5.86. The molecule has 0 aliphatic carbocycles. The summed E-state index contributed by atoms with van der Waals surface area (Å²) in [5.41, 5.74) is 4.29. The van der Waals surface area contributed by atoms with Gasteiger partial charge in [-0.05, 0) is 43.2 Å². The summed E-state index contributed by atoms with van der Waals surface area (Å²) in [5.74, 6) is 0. The van der Waals surface area contributed by atoms with Crippen molar-refractivity contribution in [2.24, 2.45) is 4.99 Å². The van der Waals surface area contributed by atoms with Crippen LogP contribution in [0.15, 0.2) is 53.5 Å². The number of benzene rings is 2. The average Bonchev–Trinajstić information content (AvgIpc) is 2.33. The van der Waals surface area contributed by atoms with Gasteiger partial charge in [0.05, 0.1) is 5.69 Å². The van der Waals surface area contributed by atoms with E-state index >= 15 is 0 Å². The Balaban J connectivity index is 2.34. The second-order valence-electron chi connectivity index (χ2n) is 3.99. The van der Waals surface area contributed by atoms with Crippen molar-refractivity contribution in [1.29, 1.82) is 0 Å². The molecule has 0 saturated heterocycles. The summed E-state index contributed by atoms with van der Waals surface area (Å²) >= 11 is 5.86. The SMILES string of the molecule is CC(=Nc1ccccc1C)c1ccc(Cl)cc1. The van der Waals surface area contributed by atoms with Crippen molar-refractivity contribution in [2.75, 3.05) is 0 Å². The summed E-state index contributed by atoms with van der Waals surface area (Å²) in [5, 5.41) is 0.748. The van der Waals surface area contributed by atoms with Gasteiger partial charge in [-0.1, -0.05) is 41.9 Å². The van der Waals surface area contributed by atoms with Crippen molar-refractivity contribution in [3.8, 4) is 0 Å². The average molecular weight is 244 g/mol. The van der Waals surface area contributed by atoms with Gasteiger partial charge in [0.2, 0.25) is 0 Å². The Labute approximate surface area is 107 Å². The van der Waals surface area contributed by atoms with Crippen LogP contribution in [0.1, 0.15) is 18.1 Å². The first kappa shape index (κ1) is 11.9. The van der Waals surface area contributed by atoms with Crippen LogP contribution in [-0.4, -0.2) is 5.71 Å². The molecule has 0 radical (unpaired) electrons. The zero-order valence-electron chi connectivity index (χ0n) is 9.94. The van der Waals surface area contributed by atoms with Crippen LogP contribution in [0, 0.1) is 6.92 Å². The second-order valence-corrected chi connectivity index (χ2v) is 4.43. The van der Waals surface area contributed by atoms with E-state index in [0.29, 0.717) is 0 Å². The Morgan fingerprint density at radius 3 is 2.29 bits per heavy atom. The number of nitrogens with zero attached hydrogens (tertiary/aromatic N) is 1. The highest BCUT2D eigenvalue weighted by Gasteiger charge is 1.99. The van der Waals surface area contributed by atoms with Crippen LogP contribution >= 0.6 is 11.6 Å². The fourth-order valence-electron chi connectivity index (χ4n) is 1.63. The lowest BCUT2D eigenvalue weighted by Gasteiger charge is -2.03. The highest BCUT2D eigenvalue weighted by Crippen LogP contribution is 2.19. The predicted octanol–water partition coefficient (Wildman–Crippen LogP) is 4.79. The lowest BCUT2D eigenvalue weighted by atomic mass is 10.1. The first-order valence-electron chi connectivity index (χ1n) is 5.53. The summed E-state index contributed by atoms with van der Waals surface area (Å²) in [4.78, 5) is 4.63. The number of aliphatic imine (C=N–C) groups is 1. The standard InChI is InChI=1S/C15H14ClN/c1-11-5-3-4-6-15(11)17-12(2)13-7-9-14(16)10-8-13/h3-10H,1-2H3. The summed E-state index contributed by atoms with van der Waals surface area (Å²) in [6.45, 7) is 4.07. The molecule has 0 fully saturated rings. The lowest BCUT2D eigenvalue weighted by molar-refractivity contribution is 1.38. The Bertz CT molecular complexity index is 541. The first-order valence-corrected chi connectivity index (χ1v) is 5.91. The van der Waals surface area contributed by atoms with Crippen molar-refractivity contribution < 1.29 is 0 Å². The van der Waals surface area contributed by atoms with Gasteiger partial charge in [-0.25, -0.2) is 0 Å². The molecular formula is C15H14ClN. The summed E-state index contributed by atoms with van der Waals surface area (Å²) in [7, 11) is 0. The van der Waals surface area contributed by atoms with Gasteiger partial charge in [-0.3, -0.25) is 4.99 Å². The summed E-state index contributed by atoms with van der Waals surface area (Å²) in [6, 6.07) is 15.8. The molecule has 17 heavy (non-hydrogen) atoms. The van der Waals surface area contributed by atoms with Crippen LogP contribution in [0.5, 0.6) is 0 Å². The maximum Gasteiger partial charge on any atom is 0.0662 e. The van der Waals surface area contributed by atoms with E-state index in [0.717, 1.165) is 22.0 Å². The Hall–Kier alpha value is -1.60. The molecule has 0 saturated carbocycles. The minimum atomic E-state index is 0.748. The third-order valence-corrected chi connectivity index (χ3v) is 2.92. The van der Waals surface area contributed by atoms with Crippen molar-refractivity contribution in [2.45, 2.75) is 13.8 Å². The predicted molar refractivity (Wildman–Crippen MR) is 74.5 cm³/mol. The highest BCUT2D eigenvalue weighted by molar-refractivity contribution is 6.30. The molecule has 0 unspecified atom stereocenters. The maximum atomic E-state index is 5.86. The van der Waals surface area contributed by atoms with Gasteiger partial charge >= 0.3 is 0 Å². The summed E-state index contributed by atoms with van der Waals surface area (Å²) in [6.07, 6.45) is 0. The van der Waals surface area contributed by atoms with Gasteiger partial charge in [0.1, 0.15) is 0 Å². The molecule has 0 aromatic heterocycles. The van der Waals surface area contributed by atoms with E-state index in [1.807, 2.05) is 49.4 Å². The number of aryl methyl sites for hydroxylation is 1. The van der Waals surface area contributed by atoms with Gasteiger partial charge in [0.15, 0.2) is 0 Å². The van der Waals surface area contributed by atoms with Crippen LogP contribution in [0.3, 0.4) is 0 Å². The number of hydrogen-bond acceptors (Lipinski definition) is 1. The summed E-state index contributed by atoms with van der Waals surface area (Å²) < 4.78 is 0. The highest BCUT2D eigenvalue weighted by atomic mass is 35.5. The van der Waals surface area contributed by atoms with Crippen molar-refractivity contribution in [3.05, 3.63) is 64.7 Å². The van der Waals surface area contributed by atoms with Crippen molar-refractivity contribution >= 4 is 23.0 Å². The molecule has 0 aliphatic rings. The fourth-order valence-corrected chi connectivity index (χ4v) is 1.75. The van der Waals surface area contributed by atoms with Gasteiger partial charge in [-0.2, -0.15) is 0 Å². The Morgan fingerprint density at radius 2 is 1.65 bits per heavy atom. The number of para-hydroxylation sites is 1. The minimum Gasteiger partial charge on any atom is -0.253 e. The third-order valence-electron chi connectivity index (χ3n) is 2.67. The smallest absolute Gasteiger partial charge is 0.0662 e. The van der Waals surface area contributed by atoms with E-state index in [4.69, 9.17) is 11.6 Å². The second kappa shape index (κ2) is 5.15. The first-order chi connectivity index (χ1) is 8.16. The van der Waals surface area contributed by atoms with Crippen molar-refractivity contribution in [1.82, 2.24) is 0 Å². The zero-order chi connectivity index (χ0) is 12.3. The number of hydrogen-bond donors (Lipinski definition) is 0. The molecule has 0 N–H and O–H groups in total. The molecule has 2 heteroatoms. The van der Waals surface area contributed by atoms with E-state index in [1.54, 1.807) is 0 Å². The Morgan fingerprint density at radius 1 is 1.00 bits per heavy atom. The molecule has 1 nitrogen and oxygen atoms in total. The van der Waals surface area contributed by atoms with E-state index in [1.165, 1.54) is 5.56 Å². The topological polar surface area (TPSA) is 12.4 Å². The van der Waals surface area contributed by atoms with Crippen LogP contribution in [0.25, 0.3) is 0 Å². The molecule has 0 amide bonds. The number of halogens is 1. The molecule has 0 atom stereocenters. The molecule has 2 aromatic rings. The fraction of sp³-hybridized carbons (Fsp3) is 0.133. The van der Waals surface area contributed by atoms with E-state index in [9.17, 15) is 0 Å². The molecule has 2 rings (SSSR count). The van der Waals surface area contributed by atoms with Crippen molar-refractivity contribution in [3.63, 3.8) is 0 Å². The number of rotatable bonds is 2. The van der Waals surface area contributed by atoms with E-state index in [2.05, 4.69) is 18.0 Å². The van der Waals surface area contributed by atoms with E-state index < -0.39 is 0 Å². The molecule has 0 bridgehead atoms. The van der Waals surface area contributed by atoms with Crippen LogP contribution in [-0.2, 0) is 0 Å². The quantitative estimate of drug-likeness (QED) is 0.673. The largest absolute Gasteiger partial charge is 0.253 e. The molecule has 86 valence electrons. The Kier molecular flexibility index (Phi) is 3.60. The van der Waals surface area contributed by atoms with Gasteiger partial charge in [0, 0.05) is 10.7 Å². The van der Waals surface area contributed by atoms with Crippen LogP contribution in [0.2, 0.25) is 5.02 Å². The lowest BCUT2D eigenvalue weighted by Crippen LogP contribution is -1.93. The molecule has 2 aromatic carbocycles. The van der Waals surface area contributed by atoms with Gasteiger partial charge in [-0.15, -0.1) is 0 Å². The normalized spacial score (nSPS) is 11.6. The molecular weight excluding hydrogens is 230 g/mol. The zero-order valence-corrected chi connectivity index (χ0v) is 10.7.